The van der Waals surface area contributed by atoms with E-state index in [0.29, 0.717) is 18.8 Å². The molecule has 72 valence electrons. The van der Waals surface area contributed by atoms with Crippen LogP contribution in [0.2, 0.25) is 0 Å². The predicted octanol–water partition coefficient (Wildman–Crippen LogP) is 1.73. The van der Waals surface area contributed by atoms with Crippen molar-refractivity contribution in [1.29, 1.82) is 0 Å². The van der Waals surface area contributed by atoms with Gasteiger partial charge >= 0.3 is 0 Å². The van der Waals surface area contributed by atoms with E-state index in [1.807, 2.05) is 0 Å². The number of nitrogens with two attached hydrogens (primary N) is 1. The zero-order valence-electron chi connectivity index (χ0n) is 7.19. The van der Waals surface area contributed by atoms with Gasteiger partial charge in [0.1, 0.15) is 11.6 Å². The number of hydrogen-bond acceptors (Lipinski definition) is 2. The van der Waals surface area contributed by atoms with Gasteiger partial charge in [0, 0.05) is 12.6 Å². The standard InChI is InChI=1S/C9H12F2N2/c10-7-2-3-9(8(11)6-7)13-5-1-4-12/h2-3,6,13H,1,4-5,12H2. The average Bonchev–Trinajstić information content (AvgIpc) is 2.09. The van der Waals surface area contributed by atoms with Gasteiger partial charge in [0.25, 0.3) is 0 Å². The molecule has 0 saturated heterocycles. The van der Waals surface area contributed by atoms with E-state index in [2.05, 4.69) is 5.32 Å². The van der Waals surface area contributed by atoms with Crippen molar-refractivity contribution in [2.24, 2.45) is 5.73 Å². The zero-order valence-corrected chi connectivity index (χ0v) is 7.19. The van der Waals surface area contributed by atoms with Crippen LogP contribution in [0, 0.1) is 11.6 Å². The Balaban J connectivity index is 2.56. The van der Waals surface area contributed by atoms with Gasteiger partial charge in [-0.15, -0.1) is 0 Å². The van der Waals surface area contributed by atoms with E-state index in [-0.39, 0.29) is 0 Å². The smallest absolute Gasteiger partial charge is 0.149 e. The molecule has 0 bridgehead atoms. The molecule has 0 aromatic heterocycles. The average molecular weight is 186 g/mol. The lowest BCUT2D eigenvalue weighted by Crippen LogP contribution is -2.09. The van der Waals surface area contributed by atoms with E-state index in [1.54, 1.807) is 0 Å². The largest absolute Gasteiger partial charge is 0.383 e. The van der Waals surface area contributed by atoms with Crippen molar-refractivity contribution in [3.8, 4) is 0 Å². The summed E-state index contributed by atoms with van der Waals surface area (Å²) in [5.74, 6) is -1.14. The first-order chi connectivity index (χ1) is 6.24. The highest BCUT2D eigenvalue weighted by molar-refractivity contribution is 5.44. The van der Waals surface area contributed by atoms with Crippen LogP contribution in [0.25, 0.3) is 0 Å². The SMILES string of the molecule is NCCCNc1ccc(F)cc1F. The summed E-state index contributed by atoms with van der Waals surface area (Å²) in [6.07, 6.45) is 0.761. The molecule has 0 radical (unpaired) electrons. The van der Waals surface area contributed by atoms with E-state index in [9.17, 15) is 8.78 Å². The Bertz CT molecular complexity index is 276. The van der Waals surface area contributed by atoms with E-state index >= 15 is 0 Å². The third-order valence-corrected chi connectivity index (χ3v) is 1.63. The van der Waals surface area contributed by atoms with Crippen LogP contribution in [0.1, 0.15) is 6.42 Å². The van der Waals surface area contributed by atoms with Crippen molar-refractivity contribution in [3.63, 3.8) is 0 Å². The van der Waals surface area contributed by atoms with Crippen LogP contribution in [0.5, 0.6) is 0 Å². The first-order valence-electron chi connectivity index (χ1n) is 4.13. The molecule has 2 nitrogen and oxygen atoms in total. The third kappa shape index (κ3) is 2.99. The van der Waals surface area contributed by atoms with Gasteiger partial charge in [0.15, 0.2) is 0 Å². The molecule has 0 saturated carbocycles. The van der Waals surface area contributed by atoms with Crippen LogP contribution in [0.3, 0.4) is 0 Å². The Kier molecular flexibility index (Phi) is 3.64. The van der Waals surface area contributed by atoms with Crippen LogP contribution >= 0.6 is 0 Å². The summed E-state index contributed by atoms with van der Waals surface area (Å²) in [6, 6.07) is 3.44. The van der Waals surface area contributed by atoms with Gasteiger partial charge in [-0.05, 0) is 25.1 Å². The molecule has 3 N–H and O–H groups in total. The monoisotopic (exact) mass is 186 g/mol. The minimum atomic E-state index is -0.572. The fourth-order valence-electron chi connectivity index (χ4n) is 0.958. The van der Waals surface area contributed by atoms with E-state index in [4.69, 9.17) is 5.73 Å². The summed E-state index contributed by atoms with van der Waals surface area (Å²) in [5, 5.41) is 2.82. The molecule has 1 aromatic rings. The summed E-state index contributed by atoms with van der Waals surface area (Å²) >= 11 is 0. The molecule has 1 aromatic carbocycles. The van der Waals surface area contributed by atoms with Gasteiger partial charge in [0.2, 0.25) is 0 Å². The zero-order chi connectivity index (χ0) is 9.68. The highest BCUT2D eigenvalue weighted by atomic mass is 19.1. The molecule has 0 aliphatic heterocycles. The van der Waals surface area contributed by atoms with Crippen molar-refractivity contribution in [2.45, 2.75) is 6.42 Å². The fourth-order valence-corrected chi connectivity index (χ4v) is 0.958. The van der Waals surface area contributed by atoms with Crippen LogP contribution in [0.4, 0.5) is 14.5 Å². The van der Waals surface area contributed by atoms with Gasteiger partial charge in [-0.1, -0.05) is 0 Å². The second-order valence-electron chi connectivity index (χ2n) is 2.69. The maximum absolute atomic E-state index is 12.9. The van der Waals surface area contributed by atoms with Crippen molar-refractivity contribution >= 4 is 5.69 Å². The Morgan fingerprint density at radius 1 is 1.31 bits per heavy atom. The van der Waals surface area contributed by atoms with Crippen molar-refractivity contribution < 1.29 is 8.78 Å². The van der Waals surface area contributed by atoms with Crippen molar-refractivity contribution in [3.05, 3.63) is 29.8 Å². The lowest BCUT2D eigenvalue weighted by Gasteiger charge is -2.05. The molecule has 1 rings (SSSR count). The lowest BCUT2D eigenvalue weighted by atomic mass is 10.3. The van der Waals surface area contributed by atoms with Crippen LogP contribution < -0.4 is 11.1 Å². The van der Waals surface area contributed by atoms with Gasteiger partial charge in [-0.2, -0.15) is 0 Å². The van der Waals surface area contributed by atoms with Crippen LogP contribution in [-0.2, 0) is 0 Å². The molecular formula is C9H12F2N2. The van der Waals surface area contributed by atoms with Gasteiger partial charge in [0.05, 0.1) is 5.69 Å². The molecule has 0 aliphatic rings. The number of halogens is 2. The summed E-state index contributed by atoms with van der Waals surface area (Å²) < 4.78 is 25.4. The number of rotatable bonds is 4. The molecule has 0 unspecified atom stereocenters. The third-order valence-electron chi connectivity index (χ3n) is 1.63. The molecule has 0 atom stereocenters. The molecular weight excluding hydrogens is 174 g/mol. The van der Waals surface area contributed by atoms with E-state index in [1.165, 1.54) is 12.1 Å². The Morgan fingerprint density at radius 3 is 2.69 bits per heavy atom. The number of benzene rings is 1. The van der Waals surface area contributed by atoms with Gasteiger partial charge in [-0.25, -0.2) is 8.78 Å². The summed E-state index contributed by atoms with van der Waals surface area (Å²) in [7, 11) is 0. The van der Waals surface area contributed by atoms with Crippen molar-refractivity contribution in [1.82, 2.24) is 0 Å². The number of anilines is 1. The first-order valence-corrected chi connectivity index (χ1v) is 4.13. The summed E-state index contributed by atoms with van der Waals surface area (Å²) in [4.78, 5) is 0. The van der Waals surface area contributed by atoms with Gasteiger partial charge in [-0.3, -0.25) is 0 Å². The predicted molar refractivity (Wildman–Crippen MR) is 48.5 cm³/mol. The lowest BCUT2D eigenvalue weighted by molar-refractivity contribution is 0.585. The first kappa shape index (κ1) is 9.92. The fraction of sp³-hybridized carbons (Fsp3) is 0.333. The Morgan fingerprint density at radius 2 is 2.08 bits per heavy atom. The Labute approximate surface area is 75.7 Å². The normalized spacial score (nSPS) is 10.1. The van der Waals surface area contributed by atoms with Crippen LogP contribution in [-0.4, -0.2) is 13.1 Å². The van der Waals surface area contributed by atoms with Crippen LogP contribution in [0.15, 0.2) is 18.2 Å². The second-order valence-corrected chi connectivity index (χ2v) is 2.69. The highest BCUT2D eigenvalue weighted by Gasteiger charge is 2.01. The summed E-state index contributed by atoms with van der Waals surface area (Å²) in [5.41, 5.74) is 5.58. The minimum absolute atomic E-state index is 0.315. The molecule has 4 heteroatoms. The summed E-state index contributed by atoms with van der Waals surface area (Å²) in [6.45, 7) is 1.15. The minimum Gasteiger partial charge on any atom is -0.383 e. The topological polar surface area (TPSA) is 38.0 Å². The quantitative estimate of drug-likeness (QED) is 0.703. The molecule has 0 aliphatic carbocycles. The number of hydrogen-bond donors (Lipinski definition) is 2. The number of nitrogens with one attached hydrogen (secondary N) is 1. The highest BCUT2D eigenvalue weighted by Crippen LogP contribution is 2.14. The Hall–Kier alpha value is -1.16. The second kappa shape index (κ2) is 4.77. The molecule has 0 amide bonds. The maximum atomic E-state index is 12.9. The molecule has 0 spiro atoms. The van der Waals surface area contributed by atoms with E-state index < -0.39 is 11.6 Å². The van der Waals surface area contributed by atoms with Crippen molar-refractivity contribution in [2.75, 3.05) is 18.4 Å². The molecule has 0 fully saturated rings. The maximum Gasteiger partial charge on any atom is 0.149 e. The molecule has 0 heterocycles. The van der Waals surface area contributed by atoms with Gasteiger partial charge < -0.3 is 11.1 Å². The van der Waals surface area contributed by atoms with E-state index in [0.717, 1.165) is 12.5 Å². The molecule has 13 heavy (non-hydrogen) atoms.